The normalized spacial score (nSPS) is 11.4. The van der Waals surface area contributed by atoms with E-state index in [0.29, 0.717) is 19.8 Å². The van der Waals surface area contributed by atoms with E-state index in [-0.39, 0.29) is 0 Å². The minimum atomic E-state index is -0.499. The van der Waals surface area contributed by atoms with Gasteiger partial charge in [0.1, 0.15) is 6.61 Å². The number of ether oxygens (including phenoxy) is 2. The molecule has 194 valence electrons. The van der Waals surface area contributed by atoms with Crippen molar-refractivity contribution in [2.45, 2.75) is 124 Å². The van der Waals surface area contributed by atoms with Crippen LogP contribution in [0.4, 0.5) is 0 Å². The molecule has 0 heterocycles. The first-order valence-corrected chi connectivity index (χ1v) is 13.9. The molecular formula is C28H53NO4. The number of hydrogen-bond donors (Lipinski definition) is 0. The molecule has 0 aliphatic heterocycles. The summed E-state index contributed by atoms with van der Waals surface area (Å²) in [6.45, 7) is 9.72. The van der Waals surface area contributed by atoms with Crippen molar-refractivity contribution in [2.24, 2.45) is 0 Å². The van der Waals surface area contributed by atoms with Crippen LogP contribution in [0.1, 0.15) is 124 Å². The molecule has 0 amide bonds. The number of carbonyl (C=O) groups is 2. The van der Waals surface area contributed by atoms with Gasteiger partial charge >= 0.3 is 11.9 Å². The van der Waals surface area contributed by atoms with Crippen molar-refractivity contribution in [1.82, 2.24) is 4.90 Å². The minimum absolute atomic E-state index is 0.332. The summed E-state index contributed by atoms with van der Waals surface area (Å²) < 4.78 is 10.2. The van der Waals surface area contributed by atoms with Crippen LogP contribution in [-0.2, 0) is 19.1 Å². The number of unbranched alkanes of at least 4 members (excludes halogenated alkanes) is 15. The zero-order valence-electron chi connectivity index (χ0n) is 22.1. The fraction of sp³-hybridized carbons (Fsp3) is 0.857. The first kappa shape index (κ1) is 31.6. The zero-order chi connectivity index (χ0) is 24.4. The molecule has 0 aromatic carbocycles. The molecule has 0 aliphatic carbocycles. The third-order valence-corrected chi connectivity index (χ3v) is 6.14. The Balaban J connectivity index is 3.38. The van der Waals surface area contributed by atoms with Gasteiger partial charge in [-0.05, 0) is 19.5 Å². The predicted molar refractivity (Wildman–Crippen MR) is 138 cm³/mol. The Morgan fingerprint density at radius 2 is 0.909 bits per heavy atom. The lowest BCUT2D eigenvalue weighted by atomic mass is 10.0. The summed E-state index contributed by atoms with van der Waals surface area (Å²) >= 11 is 0. The molecule has 0 saturated carbocycles. The summed E-state index contributed by atoms with van der Waals surface area (Å²) in [6.07, 6.45) is 23.4. The van der Waals surface area contributed by atoms with Gasteiger partial charge in [0.25, 0.3) is 0 Å². The Kier molecular flexibility index (Phi) is 24.2. The summed E-state index contributed by atoms with van der Waals surface area (Å²) in [5.74, 6) is -0.974. The second kappa shape index (κ2) is 25.3. The lowest BCUT2D eigenvalue weighted by molar-refractivity contribution is -0.140. The van der Waals surface area contributed by atoms with E-state index in [1.165, 1.54) is 89.9 Å². The highest BCUT2D eigenvalue weighted by atomic mass is 16.5. The molecule has 0 N–H and O–H groups in total. The third kappa shape index (κ3) is 23.6. The number of rotatable bonds is 24. The second-order valence-corrected chi connectivity index (χ2v) is 9.00. The fourth-order valence-corrected chi connectivity index (χ4v) is 3.87. The molecule has 0 fully saturated rings. The molecule has 5 heteroatoms. The van der Waals surface area contributed by atoms with Gasteiger partial charge in [-0.3, -0.25) is 0 Å². The molecule has 0 saturated heterocycles. The Hall–Kier alpha value is -1.36. The van der Waals surface area contributed by atoms with Crippen molar-refractivity contribution in [3.8, 4) is 0 Å². The number of esters is 2. The molecule has 0 aromatic heterocycles. The van der Waals surface area contributed by atoms with Crippen LogP contribution >= 0.6 is 0 Å². The lowest BCUT2D eigenvalue weighted by Crippen LogP contribution is -2.27. The van der Waals surface area contributed by atoms with Gasteiger partial charge < -0.3 is 14.4 Å². The van der Waals surface area contributed by atoms with E-state index in [1.54, 1.807) is 0 Å². The molecule has 0 unspecified atom stereocenters. The van der Waals surface area contributed by atoms with Gasteiger partial charge in [0.2, 0.25) is 0 Å². The van der Waals surface area contributed by atoms with Gasteiger partial charge in [0.15, 0.2) is 0 Å². The minimum Gasteiger partial charge on any atom is -0.463 e. The van der Waals surface area contributed by atoms with E-state index in [4.69, 9.17) is 9.47 Å². The fourth-order valence-electron chi connectivity index (χ4n) is 3.87. The van der Waals surface area contributed by atoms with Gasteiger partial charge in [-0.15, -0.1) is 0 Å². The smallest absolute Gasteiger partial charge is 0.331 e. The Bertz CT molecular complexity index is 475. The molecule has 0 rings (SSSR count). The maximum absolute atomic E-state index is 11.7. The van der Waals surface area contributed by atoms with Gasteiger partial charge in [0.05, 0.1) is 6.61 Å². The number of nitrogens with zero attached hydrogens (tertiary/aromatic N) is 1. The Morgan fingerprint density at radius 1 is 0.545 bits per heavy atom. The summed E-state index contributed by atoms with van der Waals surface area (Å²) in [5.41, 5.74) is 0. The molecule has 5 nitrogen and oxygen atoms in total. The lowest BCUT2D eigenvalue weighted by Gasteiger charge is -2.16. The summed E-state index contributed by atoms with van der Waals surface area (Å²) in [4.78, 5) is 25.4. The quantitative estimate of drug-likeness (QED) is 0.0851. The van der Waals surface area contributed by atoms with Crippen molar-refractivity contribution in [3.05, 3.63) is 12.2 Å². The summed E-state index contributed by atoms with van der Waals surface area (Å²) in [6, 6.07) is 0. The van der Waals surface area contributed by atoms with Crippen LogP contribution in [0.15, 0.2) is 12.2 Å². The van der Waals surface area contributed by atoms with E-state index >= 15 is 0 Å². The molecule has 0 aliphatic rings. The highest BCUT2D eigenvalue weighted by Crippen LogP contribution is 2.13. The van der Waals surface area contributed by atoms with Crippen LogP contribution < -0.4 is 0 Å². The molecule has 0 radical (unpaired) electrons. The largest absolute Gasteiger partial charge is 0.463 e. The molecule has 0 spiro atoms. The Morgan fingerprint density at radius 3 is 1.30 bits per heavy atom. The molecule has 0 aromatic rings. The van der Waals surface area contributed by atoms with E-state index in [1.807, 2.05) is 0 Å². The maximum atomic E-state index is 11.7. The average molecular weight is 468 g/mol. The number of carbonyl (C=O) groups excluding carboxylic acids is 2. The van der Waals surface area contributed by atoms with Gasteiger partial charge in [-0.25, -0.2) is 9.59 Å². The molecular weight excluding hydrogens is 414 g/mol. The maximum Gasteiger partial charge on any atom is 0.331 e. The first-order valence-electron chi connectivity index (χ1n) is 13.9. The van der Waals surface area contributed by atoms with Crippen LogP contribution in [0.5, 0.6) is 0 Å². The van der Waals surface area contributed by atoms with Crippen molar-refractivity contribution in [3.63, 3.8) is 0 Å². The van der Waals surface area contributed by atoms with E-state index in [0.717, 1.165) is 38.1 Å². The highest BCUT2D eigenvalue weighted by Gasteiger charge is 2.03. The monoisotopic (exact) mass is 467 g/mol. The molecule has 0 bridgehead atoms. The van der Waals surface area contributed by atoms with Gasteiger partial charge in [-0.1, -0.05) is 117 Å². The van der Waals surface area contributed by atoms with Crippen molar-refractivity contribution in [2.75, 3.05) is 32.8 Å². The topological polar surface area (TPSA) is 55.8 Å². The average Bonchev–Trinajstić information content (AvgIpc) is 2.82. The molecule has 33 heavy (non-hydrogen) atoms. The van der Waals surface area contributed by atoms with E-state index < -0.39 is 11.9 Å². The van der Waals surface area contributed by atoms with Crippen molar-refractivity contribution < 1.29 is 19.1 Å². The Labute approximate surface area is 204 Å². The van der Waals surface area contributed by atoms with Gasteiger partial charge in [0, 0.05) is 18.7 Å². The van der Waals surface area contributed by atoms with E-state index in [9.17, 15) is 9.59 Å². The second-order valence-electron chi connectivity index (χ2n) is 9.00. The van der Waals surface area contributed by atoms with Crippen molar-refractivity contribution >= 4 is 11.9 Å². The van der Waals surface area contributed by atoms with Crippen molar-refractivity contribution in [1.29, 1.82) is 0 Å². The van der Waals surface area contributed by atoms with Gasteiger partial charge in [-0.2, -0.15) is 0 Å². The standard InChI is InChI=1S/C28H53NO4/c1-4-7-8-9-10-11-12-13-14-15-16-17-18-19-20-21-25-32-27(30)22-23-28(31)33-26-24-29(5-2)6-3/h22-23H,4-21,24-26H2,1-3H3/b23-22-. The number of hydrogen-bond acceptors (Lipinski definition) is 5. The zero-order valence-corrected chi connectivity index (χ0v) is 22.1. The first-order chi connectivity index (χ1) is 16.1. The highest BCUT2D eigenvalue weighted by molar-refractivity contribution is 5.91. The predicted octanol–water partition coefficient (Wildman–Crippen LogP) is 7.23. The van der Waals surface area contributed by atoms with E-state index in [2.05, 4.69) is 25.7 Å². The van der Waals surface area contributed by atoms with Crippen LogP contribution in [-0.4, -0.2) is 49.7 Å². The summed E-state index contributed by atoms with van der Waals surface area (Å²) in [5, 5.41) is 0. The number of likely N-dealkylation sites (N-methyl/N-ethyl adjacent to an activating group) is 1. The SMILES string of the molecule is CCCCCCCCCCCCCCCCCCOC(=O)/C=C\C(=O)OCCN(CC)CC. The summed E-state index contributed by atoms with van der Waals surface area (Å²) in [7, 11) is 0. The van der Waals surface area contributed by atoms with Crippen LogP contribution in [0, 0.1) is 0 Å². The molecule has 0 atom stereocenters. The van der Waals surface area contributed by atoms with Crippen LogP contribution in [0.25, 0.3) is 0 Å². The van der Waals surface area contributed by atoms with Crippen LogP contribution in [0.3, 0.4) is 0 Å². The third-order valence-electron chi connectivity index (χ3n) is 6.14. The van der Waals surface area contributed by atoms with Crippen LogP contribution in [0.2, 0.25) is 0 Å².